The number of benzene rings is 1. The maximum absolute atomic E-state index is 5.22. The second-order valence-electron chi connectivity index (χ2n) is 2.89. The lowest BCUT2D eigenvalue weighted by atomic mass is 10.2. The Morgan fingerprint density at radius 2 is 2.00 bits per heavy atom. The highest BCUT2D eigenvalue weighted by Crippen LogP contribution is 2.33. The van der Waals surface area contributed by atoms with Gasteiger partial charge >= 0.3 is 0 Å². The molecule has 0 atom stereocenters. The summed E-state index contributed by atoms with van der Waals surface area (Å²) in [5, 5.41) is 0. The van der Waals surface area contributed by atoms with Gasteiger partial charge in [-0.15, -0.1) is 11.3 Å². The van der Waals surface area contributed by atoms with Crippen molar-refractivity contribution in [1.29, 1.82) is 0 Å². The van der Waals surface area contributed by atoms with E-state index >= 15 is 0 Å². The number of methoxy groups -OCH3 is 2. The zero-order chi connectivity index (χ0) is 10.7. The van der Waals surface area contributed by atoms with E-state index in [2.05, 4.69) is 10.5 Å². The number of hydrogen-bond acceptors (Lipinski definition) is 4. The molecule has 0 spiro atoms. The summed E-state index contributed by atoms with van der Waals surface area (Å²) in [7, 11) is 3.25. The third-order valence-corrected chi connectivity index (χ3v) is 2.82. The monoisotopic (exact) mass is 220 g/mol. The zero-order valence-electron chi connectivity index (χ0n) is 8.48. The van der Waals surface area contributed by atoms with Gasteiger partial charge in [0.1, 0.15) is 0 Å². The highest BCUT2D eigenvalue weighted by molar-refractivity contribution is 7.12. The largest absolute Gasteiger partial charge is 0.493 e. The summed E-state index contributed by atoms with van der Waals surface area (Å²) in [6, 6.07) is 5.79. The molecule has 3 nitrogen and oxygen atoms in total. The Kier molecular flexibility index (Phi) is 2.87. The van der Waals surface area contributed by atoms with E-state index in [1.54, 1.807) is 20.4 Å². The van der Waals surface area contributed by atoms with Crippen LogP contribution in [0.4, 0.5) is 0 Å². The Morgan fingerprint density at radius 1 is 1.20 bits per heavy atom. The average molecular weight is 220 g/mol. The molecule has 1 radical (unpaired) electrons. The molecule has 0 unspecified atom stereocenters. The van der Waals surface area contributed by atoms with Crippen LogP contribution in [-0.4, -0.2) is 19.2 Å². The molecule has 1 heterocycles. The maximum Gasteiger partial charge on any atom is 0.161 e. The molecule has 1 aromatic heterocycles. The smallest absolute Gasteiger partial charge is 0.161 e. The Bertz CT molecular complexity index is 440. The Morgan fingerprint density at radius 3 is 2.60 bits per heavy atom. The van der Waals surface area contributed by atoms with E-state index in [4.69, 9.17) is 9.47 Å². The normalized spacial score (nSPS) is 10.0. The van der Waals surface area contributed by atoms with E-state index < -0.39 is 0 Å². The molecule has 0 aliphatic heterocycles. The fourth-order valence-corrected chi connectivity index (χ4v) is 1.86. The van der Waals surface area contributed by atoms with Crippen LogP contribution in [0, 0.1) is 5.51 Å². The lowest BCUT2D eigenvalue weighted by Crippen LogP contribution is -1.90. The van der Waals surface area contributed by atoms with Crippen molar-refractivity contribution in [3.63, 3.8) is 0 Å². The van der Waals surface area contributed by atoms with Crippen LogP contribution >= 0.6 is 11.3 Å². The molecule has 4 heteroatoms. The van der Waals surface area contributed by atoms with Gasteiger partial charge in [0.2, 0.25) is 0 Å². The van der Waals surface area contributed by atoms with Crippen molar-refractivity contribution >= 4 is 11.3 Å². The first kappa shape index (κ1) is 9.98. The van der Waals surface area contributed by atoms with Gasteiger partial charge in [-0.05, 0) is 23.8 Å². The Hall–Kier alpha value is -1.55. The van der Waals surface area contributed by atoms with Gasteiger partial charge in [-0.3, -0.25) is 0 Å². The number of aromatic nitrogens is 1. The van der Waals surface area contributed by atoms with Crippen molar-refractivity contribution in [2.75, 3.05) is 14.2 Å². The third-order valence-electron chi connectivity index (χ3n) is 2.06. The van der Waals surface area contributed by atoms with E-state index in [9.17, 15) is 0 Å². The van der Waals surface area contributed by atoms with Gasteiger partial charge in [0, 0.05) is 6.20 Å². The SMILES string of the molecule is COc1ccc(-c2cn[c]s2)cc1OC. The molecule has 0 saturated heterocycles. The highest BCUT2D eigenvalue weighted by atomic mass is 32.1. The van der Waals surface area contributed by atoms with E-state index in [0.29, 0.717) is 0 Å². The van der Waals surface area contributed by atoms with Crippen LogP contribution in [-0.2, 0) is 0 Å². The number of thiazole rings is 1. The minimum absolute atomic E-state index is 0.725. The second-order valence-corrected chi connectivity index (χ2v) is 3.71. The van der Waals surface area contributed by atoms with E-state index in [1.165, 1.54) is 11.3 Å². The molecule has 0 fully saturated rings. The third kappa shape index (κ3) is 1.94. The van der Waals surface area contributed by atoms with Gasteiger partial charge in [-0.25, -0.2) is 4.98 Å². The molecule has 0 saturated carbocycles. The Labute approximate surface area is 92.3 Å². The molecule has 0 aliphatic carbocycles. The summed E-state index contributed by atoms with van der Waals surface area (Å²) in [6.07, 6.45) is 1.78. The van der Waals surface area contributed by atoms with Crippen molar-refractivity contribution in [2.24, 2.45) is 0 Å². The molecule has 15 heavy (non-hydrogen) atoms. The van der Waals surface area contributed by atoms with E-state index in [1.807, 2.05) is 18.2 Å². The summed E-state index contributed by atoms with van der Waals surface area (Å²) in [6.45, 7) is 0. The van der Waals surface area contributed by atoms with Crippen LogP contribution in [0.2, 0.25) is 0 Å². The predicted molar refractivity (Wildman–Crippen MR) is 59.5 cm³/mol. The Balaban J connectivity index is 2.43. The minimum Gasteiger partial charge on any atom is -0.493 e. The van der Waals surface area contributed by atoms with Crippen LogP contribution in [0.15, 0.2) is 24.4 Å². The van der Waals surface area contributed by atoms with E-state index in [0.717, 1.165) is 21.9 Å². The van der Waals surface area contributed by atoms with Gasteiger partial charge in [0.25, 0.3) is 0 Å². The number of nitrogens with zero attached hydrogens (tertiary/aromatic N) is 1. The second kappa shape index (κ2) is 4.31. The van der Waals surface area contributed by atoms with Crippen molar-refractivity contribution < 1.29 is 9.47 Å². The van der Waals surface area contributed by atoms with Crippen molar-refractivity contribution in [3.05, 3.63) is 29.9 Å². The van der Waals surface area contributed by atoms with Gasteiger partial charge in [-0.2, -0.15) is 0 Å². The van der Waals surface area contributed by atoms with Gasteiger partial charge < -0.3 is 9.47 Å². The maximum atomic E-state index is 5.22. The first-order valence-corrected chi connectivity index (χ1v) is 5.21. The van der Waals surface area contributed by atoms with Gasteiger partial charge in [-0.1, -0.05) is 0 Å². The quantitative estimate of drug-likeness (QED) is 0.796. The van der Waals surface area contributed by atoms with Crippen LogP contribution < -0.4 is 9.47 Å². The van der Waals surface area contributed by atoms with Crippen molar-refractivity contribution in [1.82, 2.24) is 4.98 Å². The number of hydrogen-bond donors (Lipinski definition) is 0. The highest BCUT2D eigenvalue weighted by Gasteiger charge is 2.06. The number of ether oxygens (including phenoxy) is 2. The van der Waals surface area contributed by atoms with Crippen LogP contribution in [0.5, 0.6) is 11.5 Å². The van der Waals surface area contributed by atoms with Crippen LogP contribution in [0.25, 0.3) is 10.4 Å². The van der Waals surface area contributed by atoms with E-state index in [-0.39, 0.29) is 0 Å². The first-order chi connectivity index (χ1) is 7.35. The molecule has 77 valence electrons. The van der Waals surface area contributed by atoms with Gasteiger partial charge in [0.15, 0.2) is 17.0 Å². The topological polar surface area (TPSA) is 31.4 Å². The zero-order valence-corrected chi connectivity index (χ0v) is 9.30. The van der Waals surface area contributed by atoms with Crippen LogP contribution in [0.3, 0.4) is 0 Å². The molecular weight excluding hydrogens is 210 g/mol. The van der Waals surface area contributed by atoms with Gasteiger partial charge in [0.05, 0.1) is 19.1 Å². The average Bonchev–Trinajstić information content (AvgIpc) is 2.81. The first-order valence-electron chi connectivity index (χ1n) is 4.39. The summed E-state index contributed by atoms with van der Waals surface area (Å²) in [5.41, 5.74) is 3.88. The lowest BCUT2D eigenvalue weighted by molar-refractivity contribution is 0.355. The summed E-state index contributed by atoms with van der Waals surface area (Å²) >= 11 is 1.48. The summed E-state index contributed by atoms with van der Waals surface area (Å²) in [4.78, 5) is 4.98. The molecule has 2 aromatic rings. The predicted octanol–water partition coefficient (Wildman–Crippen LogP) is 2.63. The summed E-state index contributed by atoms with van der Waals surface area (Å²) in [5.74, 6) is 1.46. The molecule has 0 aliphatic rings. The molecule has 0 amide bonds. The lowest BCUT2D eigenvalue weighted by Gasteiger charge is -2.08. The molecule has 0 bridgehead atoms. The summed E-state index contributed by atoms with van der Waals surface area (Å²) < 4.78 is 10.4. The molecule has 0 N–H and O–H groups in total. The fraction of sp³-hybridized carbons (Fsp3) is 0.182. The standard InChI is InChI=1S/C11H10NO2S/c1-13-9-4-3-8(5-10(9)14-2)11-6-12-7-15-11/h3-6H,1-2H3. The number of rotatable bonds is 3. The fourth-order valence-electron chi connectivity index (χ4n) is 1.31. The van der Waals surface area contributed by atoms with Crippen LogP contribution in [0.1, 0.15) is 0 Å². The molecular formula is C11H10NO2S. The molecule has 2 rings (SSSR count). The molecule has 1 aromatic carbocycles. The van der Waals surface area contributed by atoms with Crippen molar-refractivity contribution in [3.8, 4) is 21.9 Å². The minimum atomic E-state index is 0.725. The van der Waals surface area contributed by atoms with Crippen molar-refractivity contribution in [2.45, 2.75) is 0 Å².